The summed E-state index contributed by atoms with van der Waals surface area (Å²) in [6.45, 7) is 3.74. The van der Waals surface area contributed by atoms with Crippen molar-refractivity contribution in [1.82, 2.24) is 4.57 Å². The van der Waals surface area contributed by atoms with E-state index in [9.17, 15) is 14.7 Å². The van der Waals surface area contributed by atoms with Crippen molar-refractivity contribution in [3.63, 3.8) is 0 Å². The Morgan fingerprint density at radius 3 is 2.83 bits per heavy atom. The van der Waals surface area contributed by atoms with Crippen LogP contribution in [0.3, 0.4) is 0 Å². The highest BCUT2D eigenvalue weighted by Gasteiger charge is 2.34. The molecule has 3 heterocycles. The normalized spacial score (nSPS) is 16.6. The first kappa shape index (κ1) is 24.1. The van der Waals surface area contributed by atoms with Crippen LogP contribution in [0, 0.1) is 0 Å². The Labute approximate surface area is 217 Å². The van der Waals surface area contributed by atoms with Crippen molar-refractivity contribution >= 4 is 39.3 Å². The molecule has 2 aliphatic rings. The number of rotatable bonds is 5. The fourth-order valence-corrected chi connectivity index (χ4v) is 5.65. The molecule has 0 bridgehead atoms. The van der Waals surface area contributed by atoms with Gasteiger partial charge in [-0.05, 0) is 55.3 Å². The lowest BCUT2D eigenvalue weighted by atomic mass is 9.95. The molecule has 0 fully saturated rings. The molecule has 186 valence electrons. The highest BCUT2D eigenvalue weighted by Crippen LogP contribution is 2.38. The highest BCUT2D eigenvalue weighted by atomic mass is 79.9. The number of hydrogen-bond acceptors (Lipinski definition) is 9. The van der Waals surface area contributed by atoms with E-state index in [4.69, 9.17) is 18.9 Å². The van der Waals surface area contributed by atoms with Gasteiger partial charge in [-0.1, -0.05) is 33.3 Å². The second-order valence-corrected chi connectivity index (χ2v) is 9.82. The molecule has 11 heteroatoms. The van der Waals surface area contributed by atoms with Crippen LogP contribution in [0.15, 0.2) is 55.9 Å². The van der Waals surface area contributed by atoms with Gasteiger partial charge in [0.1, 0.15) is 0 Å². The molecule has 0 spiro atoms. The van der Waals surface area contributed by atoms with E-state index >= 15 is 0 Å². The maximum Gasteiger partial charge on any atom is 0.338 e. The number of benzene rings is 2. The van der Waals surface area contributed by atoms with E-state index in [1.165, 1.54) is 29.1 Å². The summed E-state index contributed by atoms with van der Waals surface area (Å²) in [6, 6.07) is 7.68. The van der Waals surface area contributed by atoms with Gasteiger partial charge in [-0.2, -0.15) is 0 Å². The number of fused-ring (bicyclic) bond motifs is 2. The third kappa shape index (κ3) is 4.07. The van der Waals surface area contributed by atoms with E-state index in [1.807, 2.05) is 0 Å². The fourth-order valence-electron chi connectivity index (χ4n) is 4.16. The molecule has 0 saturated heterocycles. The number of hydrogen-bond donors (Lipinski definition) is 1. The molecular formula is C25H21BrN2O7S. The standard InChI is InChI=1S/C25H21BrN2O7S/c1-4-33-24(31)21-12(2)27-25-28(22(21)13-5-6-17-19(7-13)35-11-34-17)23(30)20(36-25)9-14-8-18(32-3)16(29)10-15(14)26/h5-10,22,29H,4,11H2,1-3H3/b20-9+. The average Bonchev–Trinajstić information content (AvgIpc) is 3.43. The zero-order valence-corrected chi connectivity index (χ0v) is 21.9. The van der Waals surface area contributed by atoms with Gasteiger partial charge in [0.2, 0.25) is 6.79 Å². The van der Waals surface area contributed by atoms with Gasteiger partial charge in [0, 0.05) is 4.47 Å². The van der Waals surface area contributed by atoms with Gasteiger partial charge in [-0.15, -0.1) is 0 Å². The monoisotopic (exact) mass is 572 g/mol. The van der Waals surface area contributed by atoms with Crippen LogP contribution in [0.2, 0.25) is 0 Å². The van der Waals surface area contributed by atoms with Gasteiger partial charge in [-0.3, -0.25) is 9.36 Å². The van der Waals surface area contributed by atoms with Crippen molar-refractivity contribution in [1.29, 1.82) is 0 Å². The van der Waals surface area contributed by atoms with Gasteiger partial charge in [0.05, 0.1) is 35.6 Å². The molecule has 1 aromatic heterocycles. The van der Waals surface area contributed by atoms with E-state index in [1.54, 1.807) is 44.2 Å². The maximum atomic E-state index is 13.8. The van der Waals surface area contributed by atoms with Crippen LogP contribution in [0.4, 0.5) is 0 Å². The van der Waals surface area contributed by atoms with Crippen LogP contribution in [-0.4, -0.2) is 36.2 Å². The van der Waals surface area contributed by atoms with Crippen molar-refractivity contribution in [3.8, 4) is 23.0 Å². The molecule has 3 aromatic rings. The fraction of sp³-hybridized carbons (Fsp3) is 0.240. The summed E-state index contributed by atoms with van der Waals surface area (Å²) in [5.41, 5.74) is 1.72. The number of nitrogens with zero attached hydrogens (tertiary/aromatic N) is 2. The van der Waals surface area contributed by atoms with E-state index in [2.05, 4.69) is 20.9 Å². The molecule has 5 rings (SSSR count). The second kappa shape index (κ2) is 9.47. The third-order valence-electron chi connectivity index (χ3n) is 5.81. The first-order chi connectivity index (χ1) is 17.3. The second-order valence-electron chi connectivity index (χ2n) is 7.96. The largest absolute Gasteiger partial charge is 0.504 e. The molecular weight excluding hydrogens is 552 g/mol. The number of phenolic OH excluding ortho intramolecular Hbond substituents is 1. The van der Waals surface area contributed by atoms with Crippen LogP contribution in [-0.2, 0) is 9.53 Å². The minimum absolute atomic E-state index is 0.0273. The third-order valence-corrected chi connectivity index (χ3v) is 7.48. The molecule has 1 atom stereocenters. The summed E-state index contributed by atoms with van der Waals surface area (Å²) in [6.07, 6.45) is 1.69. The molecule has 1 N–H and O–H groups in total. The van der Waals surface area contributed by atoms with Gasteiger partial charge in [-0.25, -0.2) is 9.79 Å². The molecule has 1 unspecified atom stereocenters. The van der Waals surface area contributed by atoms with Gasteiger partial charge >= 0.3 is 5.97 Å². The van der Waals surface area contributed by atoms with Crippen LogP contribution in [0.25, 0.3) is 6.08 Å². The molecule has 0 amide bonds. The van der Waals surface area contributed by atoms with Crippen LogP contribution < -0.4 is 29.1 Å². The summed E-state index contributed by atoms with van der Waals surface area (Å²) in [5.74, 6) is 0.835. The van der Waals surface area contributed by atoms with Crippen LogP contribution in [0.1, 0.15) is 31.0 Å². The van der Waals surface area contributed by atoms with E-state index in [-0.39, 0.29) is 36.0 Å². The Morgan fingerprint density at radius 2 is 2.08 bits per heavy atom. The molecule has 0 saturated carbocycles. The Morgan fingerprint density at radius 1 is 1.31 bits per heavy atom. The highest BCUT2D eigenvalue weighted by molar-refractivity contribution is 9.10. The predicted molar refractivity (Wildman–Crippen MR) is 135 cm³/mol. The lowest BCUT2D eigenvalue weighted by Gasteiger charge is -2.24. The number of aromatic nitrogens is 1. The Hall–Kier alpha value is -3.57. The van der Waals surface area contributed by atoms with Crippen molar-refractivity contribution in [3.05, 3.63) is 76.9 Å². The number of aromatic hydroxyl groups is 1. The van der Waals surface area contributed by atoms with Crippen LogP contribution >= 0.6 is 27.3 Å². The van der Waals surface area contributed by atoms with Crippen molar-refractivity contribution in [2.45, 2.75) is 19.9 Å². The van der Waals surface area contributed by atoms with E-state index < -0.39 is 12.0 Å². The smallest absolute Gasteiger partial charge is 0.338 e. The molecule has 2 aliphatic heterocycles. The number of ether oxygens (including phenoxy) is 4. The van der Waals surface area contributed by atoms with Crippen LogP contribution in [0.5, 0.6) is 23.0 Å². The topological polar surface area (TPSA) is 109 Å². The lowest BCUT2D eigenvalue weighted by Crippen LogP contribution is -2.39. The summed E-state index contributed by atoms with van der Waals surface area (Å²) in [5, 5.41) is 10.0. The molecule has 0 aliphatic carbocycles. The summed E-state index contributed by atoms with van der Waals surface area (Å²) >= 11 is 4.63. The maximum absolute atomic E-state index is 13.8. The number of methoxy groups -OCH3 is 1. The first-order valence-electron chi connectivity index (χ1n) is 11.0. The zero-order valence-electron chi connectivity index (χ0n) is 19.5. The number of allylic oxidation sites excluding steroid dienone is 1. The van der Waals surface area contributed by atoms with Gasteiger partial charge in [0.15, 0.2) is 27.8 Å². The quantitative estimate of drug-likeness (QED) is 0.468. The van der Waals surface area contributed by atoms with E-state index in [0.717, 1.165) is 0 Å². The summed E-state index contributed by atoms with van der Waals surface area (Å²) in [4.78, 5) is 31.8. The van der Waals surface area contributed by atoms with E-state index in [0.29, 0.717) is 42.1 Å². The van der Waals surface area contributed by atoms with Crippen molar-refractivity contribution in [2.24, 2.45) is 4.99 Å². The first-order valence-corrected chi connectivity index (χ1v) is 12.6. The molecule has 9 nitrogen and oxygen atoms in total. The number of esters is 1. The molecule has 2 aromatic carbocycles. The zero-order chi connectivity index (χ0) is 25.6. The lowest BCUT2D eigenvalue weighted by molar-refractivity contribution is -0.139. The summed E-state index contributed by atoms with van der Waals surface area (Å²) < 4.78 is 24.0. The Balaban J connectivity index is 1.73. The minimum Gasteiger partial charge on any atom is -0.504 e. The predicted octanol–water partition coefficient (Wildman–Crippen LogP) is 3.00. The number of carbonyl (C=O) groups excluding carboxylic acids is 1. The number of halogens is 1. The Bertz CT molecular complexity index is 1610. The number of phenols is 1. The number of thiazole rings is 1. The number of carbonyl (C=O) groups is 1. The Kier molecular flexibility index (Phi) is 6.35. The SMILES string of the molecule is CCOC(=O)C1=C(C)N=c2s/c(=C/c3cc(OC)c(O)cc3Br)c(=O)n2C1c1ccc2c(c1)OCO2. The van der Waals surface area contributed by atoms with Gasteiger partial charge < -0.3 is 24.1 Å². The molecule has 0 radical (unpaired) electrons. The van der Waals surface area contributed by atoms with Crippen molar-refractivity contribution < 1.29 is 28.8 Å². The molecule has 36 heavy (non-hydrogen) atoms. The summed E-state index contributed by atoms with van der Waals surface area (Å²) in [7, 11) is 1.45. The average molecular weight is 573 g/mol. The van der Waals surface area contributed by atoms with Crippen molar-refractivity contribution in [2.75, 3.05) is 20.5 Å². The minimum atomic E-state index is -0.769. The van der Waals surface area contributed by atoms with Gasteiger partial charge in [0.25, 0.3) is 5.56 Å².